The molecule has 0 aliphatic rings. The second-order valence-electron chi connectivity index (χ2n) is 4.54. The molecule has 7 heteroatoms. The number of aromatic amines is 1. The zero-order valence-electron chi connectivity index (χ0n) is 11.0. The Hall–Kier alpha value is -2.83. The Bertz CT molecular complexity index is 809. The third-order valence-corrected chi connectivity index (χ3v) is 2.92. The lowest BCUT2D eigenvalue weighted by molar-refractivity contribution is 0.872. The summed E-state index contributed by atoms with van der Waals surface area (Å²) < 4.78 is 0. The fourth-order valence-corrected chi connectivity index (χ4v) is 1.87. The molecule has 0 bridgehead atoms. The minimum absolute atomic E-state index is 0.261. The van der Waals surface area contributed by atoms with E-state index in [0.717, 1.165) is 11.1 Å². The molecule has 1 N–H and O–H groups in total. The second kappa shape index (κ2) is 4.69. The van der Waals surface area contributed by atoms with Crippen LogP contribution in [0.15, 0.2) is 35.4 Å². The van der Waals surface area contributed by atoms with E-state index < -0.39 is 0 Å². The van der Waals surface area contributed by atoms with Crippen LogP contribution in [0.1, 0.15) is 0 Å². The van der Waals surface area contributed by atoms with Crippen molar-refractivity contribution in [3.63, 3.8) is 0 Å². The van der Waals surface area contributed by atoms with Gasteiger partial charge in [0.15, 0.2) is 0 Å². The van der Waals surface area contributed by atoms with Gasteiger partial charge in [-0.15, -0.1) is 5.10 Å². The van der Waals surface area contributed by atoms with Gasteiger partial charge in [-0.3, -0.25) is 4.79 Å². The summed E-state index contributed by atoms with van der Waals surface area (Å²) in [7, 11) is 3.76. The highest BCUT2D eigenvalue weighted by Crippen LogP contribution is 2.21. The molecule has 0 aliphatic heterocycles. The second-order valence-corrected chi connectivity index (χ2v) is 4.54. The largest absolute Gasteiger partial charge is 0.347 e. The fraction of sp³-hybridized carbons (Fsp3) is 0.154. The van der Waals surface area contributed by atoms with Gasteiger partial charge in [-0.25, -0.2) is 15.1 Å². The van der Waals surface area contributed by atoms with Crippen molar-refractivity contribution < 1.29 is 0 Å². The number of rotatable bonds is 2. The lowest BCUT2D eigenvalue weighted by atomic mass is 10.1. The van der Waals surface area contributed by atoms with Crippen LogP contribution >= 0.6 is 0 Å². The Morgan fingerprint density at radius 2 is 1.85 bits per heavy atom. The van der Waals surface area contributed by atoms with E-state index in [1.807, 2.05) is 25.1 Å². The average Bonchev–Trinajstić information content (AvgIpc) is 2.47. The first kappa shape index (κ1) is 12.2. The predicted octanol–water partition coefficient (Wildman–Crippen LogP) is 0.841. The summed E-state index contributed by atoms with van der Waals surface area (Å²) in [5, 5.41) is 10.2. The standard InChI is InChI=1S/C13H12N6O/c1-19(2)13-14-6-9(7-15-13)8-3-4-11-10(5-8)12(20)17-18-16-11/h3-7H,1-2H3,(H,16,17,20). The van der Waals surface area contributed by atoms with Crippen LogP contribution in [-0.4, -0.2) is 39.5 Å². The minimum Gasteiger partial charge on any atom is -0.347 e. The summed E-state index contributed by atoms with van der Waals surface area (Å²) in [6, 6.07) is 5.38. The Morgan fingerprint density at radius 3 is 2.55 bits per heavy atom. The maximum atomic E-state index is 11.7. The quantitative estimate of drug-likeness (QED) is 0.741. The van der Waals surface area contributed by atoms with E-state index in [9.17, 15) is 4.79 Å². The van der Waals surface area contributed by atoms with Crippen molar-refractivity contribution in [3.05, 3.63) is 40.9 Å². The van der Waals surface area contributed by atoms with Gasteiger partial charge in [-0.05, 0) is 17.7 Å². The van der Waals surface area contributed by atoms with Gasteiger partial charge in [0.2, 0.25) is 5.95 Å². The van der Waals surface area contributed by atoms with Gasteiger partial charge in [0.1, 0.15) is 5.52 Å². The third-order valence-electron chi connectivity index (χ3n) is 2.92. The molecule has 1 aromatic carbocycles. The van der Waals surface area contributed by atoms with Crippen molar-refractivity contribution in [2.75, 3.05) is 19.0 Å². The Labute approximate surface area is 114 Å². The first-order valence-electron chi connectivity index (χ1n) is 6.00. The topological polar surface area (TPSA) is 87.7 Å². The van der Waals surface area contributed by atoms with Crippen LogP contribution in [-0.2, 0) is 0 Å². The van der Waals surface area contributed by atoms with E-state index in [4.69, 9.17) is 0 Å². The van der Waals surface area contributed by atoms with Crippen molar-refractivity contribution in [1.82, 2.24) is 25.4 Å². The maximum Gasteiger partial charge on any atom is 0.275 e. The van der Waals surface area contributed by atoms with E-state index in [1.54, 1.807) is 24.5 Å². The summed E-state index contributed by atoms with van der Waals surface area (Å²) in [5.74, 6) is 0.637. The molecule has 2 aromatic heterocycles. The highest BCUT2D eigenvalue weighted by atomic mass is 16.1. The number of aromatic nitrogens is 5. The van der Waals surface area contributed by atoms with E-state index in [-0.39, 0.29) is 5.56 Å². The summed E-state index contributed by atoms with van der Waals surface area (Å²) >= 11 is 0. The number of nitrogens with one attached hydrogen (secondary N) is 1. The van der Waals surface area contributed by atoms with E-state index in [0.29, 0.717) is 16.9 Å². The number of hydrogen-bond donors (Lipinski definition) is 1. The molecule has 20 heavy (non-hydrogen) atoms. The fourth-order valence-electron chi connectivity index (χ4n) is 1.87. The summed E-state index contributed by atoms with van der Waals surface area (Å²) in [4.78, 5) is 22.0. The Balaban J connectivity index is 2.10. The number of hydrogen-bond acceptors (Lipinski definition) is 6. The third kappa shape index (κ3) is 2.09. The molecule has 3 rings (SSSR count). The van der Waals surface area contributed by atoms with Crippen LogP contribution < -0.4 is 10.5 Å². The van der Waals surface area contributed by atoms with Gasteiger partial charge >= 0.3 is 0 Å². The van der Waals surface area contributed by atoms with Gasteiger partial charge in [0, 0.05) is 32.1 Å². The number of nitrogens with zero attached hydrogens (tertiary/aromatic N) is 5. The highest BCUT2D eigenvalue weighted by Gasteiger charge is 2.05. The van der Waals surface area contributed by atoms with Gasteiger partial charge < -0.3 is 4.90 Å². The molecule has 3 aromatic rings. The monoisotopic (exact) mass is 268 g/mol. The molecule has 0 atom stereocenters. The number of benzene rings is 1. The molecule has 100 valence electrons. The minimum atomic E-state index is -0.261. The smallest absolute Gasteiger partial charge is 0.275 e. The first-order chi connectivity index (χ1) is 9.65. The van der Waals surface area contributed by atoms with Gasteiger partial charge in [-0.2, -0.15) is 0 Å². The van der Waals surface area contributed by atoms with Crippen LogP contribution in [0, 0.1) is 0 Å². The molecule has 0 saturated carbocycles. The molecule has 2 heterocycles. The summed E-state index contributed by atoms with van der Waals surface area (Å²) in [5.41, 5.74) is 2.00. The number of fused-ring (bicyclic) bond motifs is 1. The highest BCUT2D eigenvalue weighted by molar-refractivity contribution is 5.82. The summed E-state index contributed by atoms with van der Waals surface area (Å²) in [6.07, 6.45) is 3.46. The number of H-pyrrole nitrogens is 1. The van der Waals surface area contributed by atoms with Gasteiger partial charge in [0.05, 0.1) is 5.39 Å². The van der Waals surface area contributed by atoms with Gasteiger partial charge in [0.25, 0.3) is 5.56 Å². The Morgan fingerprint density at radius 1 is 1.10 bits per heavy atom. The van der Waals surface area contributed by atoms with Crippen LogP contribution in [0.2, 0.25) is 0 Å². The van der Waals surface area contributed by atoms with Crippen LogP contribution in [0.3, 0.4) is 0 Å². The van der Waals surface area contributed by atoms with Gasteiger partial charge in [-0.1, -0.05) is 11.3 Å². The van der Waals surface area contributed by atoms with E-state index >= 15 is 0 Å². The van der Waals surface area contributed by atoms with E-state index in [2.05, 4.69) is 25.4 Å². The van der Waals surface area contributed by atoms with Crippen molar-refractivity contribution in [1.29, 1.82) is 0 Å². The lowest BCUT2D eigenvalue weighted by Crippen LogP contribution is -2.12. The molecule has 0 saturated heterocycles. The molecule has 0 fully saturated rings. The molecule has 0 aliphatic carbocycles. The number of anilines is 1. The van der Waals surface area contributed by atoms with Crippen molar-refractivity contribution in [2.45, 2.75) is 0 Å². The van der Waals surface area contributed by atoms with Crippen LogP contribution in [0.4, 0.5) is 5.95 Å². The predicted molar refractivity (Wildman–Crippen MR) is 75.5 cm³/mol. The lowest BCUT2D eigenvalue weighted by Gasteiger charge is -2.09. The maximum absolute atomic E-state index is 11.7. The van der Waals surface area contributed by atoms with Crippen molar-refractivity contribution in [3.8, 4) is 11.1 Å². The van der Waals surface area contributed by atoms with Crippen LogP contribution in [0.5, 0.6) is 0 Å². The molecule has 0 amide bonds. The first-order valence-corrected chi connectivity index (χ1v) is 6.00. The normalized spacial score (nSPS) is 10.7. The average molecular weight is 268 g/mol. The molecular formula is C13H12N6O. The zero-order valence-corrected chi connectivity index (χ0v) is 11.0. The molecule has 7 nitrogen and oxygen atoms in total. The summed E-state index contributed by atoms with van der Waals surface area (Å²) in [6.45, 7) is 0. The van der Waals surface area contributed by atoms with Crippen molar-refractivity contribution >= 4 is 16.9 Å². The van der Waals surface area contributed by atoms with Crippen molar-refractivity contribution in [2.24, 2.45) is 0 Å². The van der Waals surface area contributed by atoms with Crippen LogP contribution in [0.25, 0.3) is 22.0 Å². The zero-order chi connectivity index (χ0) is 14.1. The molecule has 0 unspecified atom stereocenters. The molecule has 0 spiro atoms. The SMILES string of the molecule is CN(C)c1ncc(-c2ccc3nn[nH]c(=O)c3c2)cn1. The molecule has 0 radical (unpaired) electrons. The van der Waals surface area contributed by atoms with E-state index in [1.165, 1.54) is 0 Å². The Kier molecular flexibility index (Phi) is 2.86. The molecular weight excluding hydrogens is 256 g/mol.